The Morgan fingerprint density at radius 2 is 1.72 bits per heavy atom. The number of hydrogen-bond donors (Lipinski definition) is 1. The first-order chi connectivity index (χ1) is 16.9. The summed E-state index contributed by atoms with van der Waals surface area (Å²) in [4.78, 5) is 28.3. The van der Waals surface area contributed by atoms with Crippen LogP contribution in [0.2, 0.25) is 0 Å². The number of aromatic nitrogens is 3. The van der Waals surface area contributed by atoms with Crippen molar-refractivity contribution in [2.45, 2.75) is 32.4 Å². The second-order valence-corrected chi connectivity index (χ2v) is 9.60. The van der Waals surface area contributed by atoms with Gasteiger partial charge in [0, 0.05) is 28.5 Å². The number of azo groups is 1. The Labute approximate surface area is 206 Å². The number of benzene rings is 2. The monoisotopic (exact) mass is 516 g/mol. The summed E-state index contributed by atoms with van der Waals surface area (Å²) >= 11 is 1.20. The van der Waals surface area contributed by atoms with E-state index >= 15 is 0 Å². The zero-order valence-corrected chi connectivity index (χ0v) is 20.0. The van der Waals surface area contributed by atoms with Crippen LogP contribution in [0.5, 0.6) is 0 Å². The minimum absolute atomic E-state index is 0.121. The molecule has 0 radical (unpaired) electrons. The van der Waals surface area contributed by atoms with Crippen LogP contribution >= 0.6 is 11.3 Å². The number of aromatic amines is 1. The van der Waals surface area contributed by atoms with Crippen LogP contribution in [0, 0.1) is 10.1 Å². The third-order valence-corrected chi connectivity index (χ3v) is 5.98. The van der Waals surface area contributed by atoms with E-state index in [9.17, 15) is 28.1 Å². The van der Waals surface area contributed by atoms with Crippen molar-refractivity contribution < 1.29 is 18.1 Å². The number of nitrogens with zero attached hydrogens (tertiary/aromatic N) is 5. The molecule has 0 fully saturated rings. The van der Waals surface area contributed by atoms with E-state index in [4.69, 9.17) is 0 Å². The second kappa shape index (κ2) is 9.15. The van der Waals surface area contributed by atoms with Gasteiger partial charge in [0.05, 0.1) is 27.6 Å². The number of nitro groups is 1. The highest BCUT2D eigenvalue weighted by Crippen LogP contribution is 2.37. The molecule has 0 aliphatic rings. The fourth-order valence-electron chi connectivity index (χ4n) is 3.22. The lowest BCUT2D eigenvalue weighted by molar-refractivity contribution is -0.384. The normalized spacial score (nSPS) is 12.4. The van der Waals surface area contributed by atoms with Crippen molar-refractivity contribution in [2.75, 3.05) is 0 Å². The lowest BCUT2D eigenvalue weighted by atomic mass is 9.93. The molecule has 0 unspecified atom stereocenters. The van der Waals surface area contributed by atoms with E-state index in [0.29, 0.717) is 10.7 Å². The molecule has 0 bridgehead atoms. The maximum absolute atomic E-state index is 13.4. The van der Waals surface area contributed by atoms with Gasteiger partial charge >= 0.3 is 11.7 Å². The van der Waals surface area contributed by atoms with E-state index in [1.165, 1.54) is 47.7 Å². The average molecular weight is 517 g/mol. The van der Waals surface area contributed by atoms with Crippen LogP contribution in [0.15, 0.2) is 68.9 Å². The quantitative estimate of drug-likeness (QED) is 0.176. The first kappa shape index (κ1) is 25.0. The maximum atomic E-state index is 13.4. The van der Waals surface area contributed by atoms with Gasteiger partial charge in [0.2, 0.25) is 5.13 Å². The topological polar surface area (TPSA) is 119 Å². The van der Waals surface area contributed by atoms with E-state index in [2.05, 4.69) is 20.3 Å². The Balaban J connectivity index is 1.87. The predicted octanol–water partition coefficient (Wildman–Crippen LogP) is 6.93. The number of nitro benzene ring substituents is 1. The lowest BCUT2D eigenvalue weighted by Gasteiger charge is -2.14. The second-order valence-electron chi connectivity index (χ2n) is 8.76. The number of alkyl halides is 3. The Hall–Kier alpha value is -4.13. The zero-order valence-electron chi connectivity index (χ0n) is 19.2. The van der Waals surface area contributed by atoms with Gasteiger partial charge in [-0.2, -0.15) is 17.9 Å². The Kier molecular flexibility index (Phi) is 6.35. The highest BCUT2D eigenvalue weighted by molar-refractivity contribution is 7.12. The molecule has 4 rings (SSSR count). The molecule has 36 heavy (non-hydrogen) atoms. The van der Waals surface area contributed by atoms with Crippen LogP contribution in [0.4, 0.5) is 30.2 Å². The third kappa shape index (κ3) is 4.96. The molecule has 9 nitrogen and oxygen atoms in total. The molecule has 0 atom stereocenters. The van der Waals surface area contributed by atoms with Gasteiger partial charge in [-0.15, -0.1) is 21.6 Å². The van der Waals surface area contributed by atoms with Crippen molar-refractivity contribution >= 4 is 28.4 Å². The molecule has 186 valence electrons. The molecule has 2 heterocycles. The fraction of sp³-hybridized carbons (Fsp3) is 0.217. The summed E-state index contributed by atoms with van der Waals surface area (Å²) in [7, 11) is 0. The van der Waals surface area contributed by atoms with Gasteiger partial charge in [0.1, 0.15) is 0 Å². The van der Waals surface area contributed by atoms with Gasteiger partial charge in [-0.05, 0) is 24.3 Å². The molecular formula is C23H19F3N6O3S. The molecule has 0 aliphatic heterocycles. The summed E-state index contributed by atoms with van der Waals surface area (Å²) in [5.41, 5.74) is -1.67. The number of rotatable bonds is 5. The molecule has 0 amide bonds. The number of H-pyrrole nitrogens is 1. The van der Waals surface area contributed by atoms with Crippen LogP contribution in [0.3, 0.4) is 0 Å². The standard InChI is InChI=1S/C23H19F3N6O3S/c1-22(2,3)17-12-36-21(27-17)31-20(33)19(18(30-31)13-8-10-14(11-9-13)32(34)35)29-28-16-7-5-4-6-15(16)23(24,25)26/h4-12,30H,1-3H3. The summed E-state index contributed by atoms with van der Waals surface area (Å²) in [6.45, 7) is 5.88. The molecular weight excluding hydrogens is 497 g/mol. The molecule has 0 saturated heterocycles. The minimum Gasteiger partial charge on any atom is -0.286 e. The molecule has 0 aliphatic carbocycles. The van der Waals surface area contributed by atoms with E-state index in [0.717, 1.165) is 22.5 Å². The molecule has 13 heteroatoms. The summed E-state index contributed by atoms with van der Waals surface area (Å²) in [5, 5.41) is 23.6. The number of halogens is 3. The average Bonchev–Trinajstić information content (AvgIpc) is 3.42. The first-order valence-electron chi connectivity index (χ1n) is 10.5. The van der Waals surface area contributed by atoms with Crippen molar-refractivity contribution in [1.29, 1.82) is 0 Å². The third-order valence-electron chi connectivity index (χ3n) is 5.15. The van der Waals surface area contributed by atoms with Gasteiger partial charge in [0.25, 0.3) is 5.69 Å². The fourth-order valence-corrected chi connectivity index (χ4v) is 4.23. The van der Waals surface area contributed by atoms with Crippen LogP contribution < -0.4 is 5.56 Å². The number of non-ortho nitro benzene ring substituents is 1. The highest BCUT2D eigenvalue weighted by atomic mass is 32.1. The van der Waals surface area contributed by atoms with E-state index in [1.54, 1.807) is 5.38 Å². The lowest BCUT2D eigenvalue weighted by Crippen LogP contribution is -2.16. The molecule has 1 N–H and O–H groups in total. The predicted molar refractivity (Wildman–Crippen MR) is 128 cm³/mol. The molecule has 0 saturated carbocycles. The van der Waals surface area contributed by atoms with Crippen molar-refractivity contribution in [3.8, 4) is 16.4 Å². The molecule has 2 aromatic heterocycles. The van der Waals surface area contributed by atoms with Gasteiger partial charge in [0.15, 0.2) is 5.69 Å². The number of thiazole rings is 1. The highest BCUT2D eigenvalue weighted by Gasteiger charge is 2.33. The van der Waals surface area contributed by atoms with Crippen molar-refractivity contribution in [2.24, 2.45) is 10.2 Å². The van der Waals surface area contributed by atoms with Gasteiger partial charge in [-0.25, -0.2) is 4.98 Å². The summed E-state index contributed by atoms with van der Waals surface area (Å²) in [6, 6.07) is 9.89. The smallest absolute Gasteiger partial charge is 0.286 e. The van der Waals surface area contributed by atoms with Gasteiger partial charge < -0.3 is 0 Å². The Morgan fingerprint density at radius 3 is 2.31 bits per heavy atom. The Bertz CT molecular complexity index is 1510. The van der Waals surface area contributed by atoms with Crippen LogP contribution in [0.1, 0.15) is 32.0 Å². The summed E-state index contributed by atoms with van der Waals surface area (Å²) < 4.78 is 41.3. The van der Waals surface area contributed by atoms with Gasteiger partial charge in [-0.3, -0.25) is 20.0 Å². The van der Waals surface area contributed by atoms with E-state index < -0.39 is 27.9 Å². The van der Waals surface area contributed by atoms with Crippen molar-refractivity contribution in [1.82, 2.24) is 14.8 Å². The molecule has 0 spiro atoms. The molecule has 2 aromatic carbocycles. The largest absolute Gasteiger partial charge is 0.418 e. The molecule has 4 aromatic rings. The number of nitrogens with one attached hydrogen (secondary N) is 1. The van der Waals surface area contributed by atoms with Crippen molar-refractivity contribution in [3.63, 3.8) is 0 Å². The first-order valence-corrected chi connectivity index (χ1v) is 11.4. The van der Waals surface area contributed by atoms with Crippen LogP contribution in [0.25, 0.3) is 16.4 Å². The van der Waals surface area contributed by atoms with Gasteiger partial charge in [-0.1, -0.05) is 32.9 Å². The maximum Gasteiger partial charge on any atom is 0.418 e. The van der Waals surface area contributed by atoms with E-state index in [-0.39, 0.29) is 22.5 Å². The minimum atomic E-state index is -4.67. The van der Waals surface area contributed by atoms with E-state index in [1.807, 2.05) is 20.8 Å². The summed E-state index contributed by atoms with van der Waals surface area (Å²) in [6.07, 6.45) is -4.67. The SMILES string of the molecule is CC(C)(C)c1csc(-n2[nH]c(-c3ccc([N+](=O)[O-])cc3)c(N=Nc3ccccc3C(F)(F)F)c2=O)n1. The zero-order chi connectivity index (χ0) is 26.3. The summed E-state index contributed by atoms with van der Waals surface area (Å²) in [5.74, 6) is 0. The Morgan fingerprint density at radius 1 is 1.06 bits per heavy atom. The van der Waals surface area contributed by atoms with Crippen LogP contribution in [-0.4, -0.2) is 19.7 Å². The van der Waals surface area contributed by atoms with Crippen molar-refractivity contribution in [3.05, 3.63) is 85.6 Å². The van der Waals surface area contributed by atoms with Crippen LogP contribution in [-0.2, 0) is 11.6 Å². The number of hydrogen-bond acceptors (Lipinski definition) is 7.